The van der Waals surface area contributed by atoms with Crippen LogP contribution >= 0.6 is 0 Å². The summed E-state index contributed by atoms with van der Waals surface area (Å²) in [6.07, 6.45) is 6.72. The van der Waals surface area contributed by atoms with Crippen molar-refractivity contribution >= 4 is 12.1 Å². The number of carbonyl (C=O) groups excluding carboxylic acids is 1. The Morgan fingerprint density at radius 2 is 2.06 bits per heavy atom. The van der Waals surface area contributed by atoms with Gasteiger partial charge in [-0.1, -0.05) is 18.6 Å². The Kier molecular flexibility index (Phi) is 7.57. The molecule has 2 aliphatic carbocycles. The normalized spacial score (nSPS) is 21.1. The second-order valence-corrected chi connectivity index (χ2v) is 9.87. The van der Waals surface area contributed by atoms with E-state index in [1.54, 1.807) is 11.7 Å². The summed E-state index contributed by atoms with van der Waals surface area (Å²) in [5.41, 5.74) is 2.76. The predicted molar refractivity (Wildman–Crippen MR) is 128 cm³/mol. The molecule has 10 nitrogen and oxygen atoms in total. The number of alkyl carbamates (subject to hydrolysis) is 1. The molecule has 0 aliphatic heterocycles. The van der Waals surface area contributed by atoms with Crippen molar-refractivity contribution in [2.75, 3.05) is 6.61 Å². The van der Waals surface area contributed by atoms with Crippen LogP contribution in [0.4, 0.5) is 4.79 Å². The Balaban J connectivity index is 1.38. The van der Waals surface area contributed by atoms with Gasteiger partial charge in [0.1, 0.15) is 11.4 Å². The van der Waals surface area contributed by atoms with Crippen LogP contribution in [0.15, 0.2) is 12.1 Å². The number of nitrogens with zero attached hydrogens (tertiary/aromatic N) is 4. The fourth-order valence-corrected chi connectivity index (χ4v) is 4.94. The van der Waals surface area contributed by atoms with Crippen molar-refractivity contribution in [3.8, 4) is 17.1 Å². The second-order valence-electron chi connectivity index (χ2n) is 9.87. The summed E-state index contributed by atoms with van der Waals surface area (Å²) in [5.74, 6) is -0.481. The lowest BCUT2D eigenvalue weighted by Crippen LogP contribution is -2.36. The molecule has 35 heavy (non-hydrogen) atoms. The van der Waals surface area contributed by atoms with Crippen LogP contribution in [0, 0.1) is 18.3 Å². The number of nitrogens with one attached hydrogen (secondary N) is 1. The molecule has 2 heterocycles. The number of hydrogen-bond donors (Lipinski definition) is 2. The highest BCUT2D eigenvalue weighted by atomic mass is 16.5. The van der Waals surface area contributed by atoms with Crippen LogP contribution < -0.4 is 10.1 Å². The maximum absolute atomic E-state index is 12.3. The number of aromatic nitrogens is 4. The maximum atomic E-state index is 12.3. The monoisotopic (exact) mass is 485 g/mol. The van der Waals surface area contributed by atoms with Gasteiger partial charge in [-0.25, -0.2) is 14.5 Å². The number of ether oxygens (including phenoxy) is 2. The highest BCUT2D eigenvalue weighted by Gasteiger charge is 2.36. The van der Waals surface area contributed by atoms with Crippen LogP contribution in [0.2, 0.25) is 0 Å². The second kappa shape index (κ2) is 10.6. The number of aliphatic carboxylic acids is 1. The zero-order valence-electron chi connectivity index (χ0n) is 20.7. The molecular formula is C25H35N5O5. The molecule has 0 saturated heterocycles. The Morgan fingerprint density at radius 3 is 2.71 bits per heavy atom. The van der Waals surface area contributed by atoms with E-state index in [2.05, 4.69) is 27.5 Å². The van der Waals surface area contributed by atoms with Gasteiger partial charge in [-0.05, 0) is 64.0 Å². The number of carboxylic acids is 1. The van der Waals surface area contributed by atoms with Crippen LogP contribution in [-0.2, 0) is 23.1 Å². The van der Waals surface area contributed by atoms with Gasteiger partial charge in [0.2, 0.25) is 0 Å². The third-order valence-corrected chi connectivity index (χ3v) is 7.57. The van der Waals surface area contributed by atoms with E-state index in [1.165, 1.54) is 6.42 Å². The number of pyridine rings is 1. The van der Waals surface area contributed by atoms with Gasteiger partial charge in [0.05, 0.1) is 42.3 Å². The van der Waals surface area contributed by atoms with Gasteiger partial charge in [0, 0.05) is 12.5 Å². The number of carboxylic acid groups (broad SMARTS) is 1. The number of amides is 1. The third-order valence-electron chi connectivity index (χ3n) is 7.57. The van der Waals surface area contributed by atoms with Gasteiger partial charge in [-0.3, -0.25) is 4.79 Å². The molecule has 0 spiro atoms. The SMILES string of the molecule is CCC1(COC(=O)NCc2c(-c3ccc(O[C@H]4CCC[C@H](C(=O)O)C4)c(C)n3)nnn2C)CCC1. The molecule has 0 aromatic carbocycles. The molecule has 2 saturated carbocycles. The summed E-state index contributed by atoms with van der Waals surface area (Å²) in [4.78, 5) is 28.3. The lowest BCUT2D eigenvalue weighted by atomic mass is 9.68. The Morgan fingerprint density at radius 1 is 1.26 bits per heavy atom. The predicted octanol–water partition coefficient (Wildman–Crippen LogP) is 4.01. The largest absolute Gasteiger partial charge is 0.489 e. The molecule has 2 N–H and O–H groups in total. The molecule has 0 bridgehead atoms. The summed E-state index contributed by atoms with van der Waals surface area (Å²) in [7, 11) is 1.77. The standard InChI is InChI=1S/C25H35N5O5/c1-4-25(11-6-12-25)15-34-24(33)26-14-20-22(28-29-30(20)3)19-9-10-21(16(2)27-19)35-18-8-5-7-17(13-18)23(31)32/h9-10,17-18H,4-8,11-15H2,1-3H3,(H,26,33)(H,31,32)/t17-,18-/m0/s1. The fourth-order valence-electron chi connectivity index (χ4n) is 4.94. The van der Waals surface area contributed by atoms with Crippen molar-refractivity contribution in [3.63, 3.8) is 0 Å². The summed E-state index contributed by atoms with van der Waals surface area (Å²) in [6.45, 7) is 4.66. The molecule has 10 heteroatoms. The number of carbonyl (C=O) groups is 2. The molecular weight excluding hydrogens is 450 g/mol. The van der Waals surface area contributed by atoms with Crippen LogP contribution in [0.1, 0.15) is 69.7 Å². The molecule has 2 aromatic heterocycles. The average Bonchev–Trinajstić information content (AvgIpc) is 3.19. The summed E-state index contributed by atoms with van der Waals surface area (Å²) < 4.78 is 13.2. The quantitative estimate of drug-likeness (QED) is 0.545. The molecule has 0 unspecified atom stereocenters. The topological polar surface area (TPSA) is 128 Å². The number of rotatable bonds is 9. The smallest absolute Gasteiger partial charge is 0.407 e. The van der Waals surface area contributed by atoms with E-state index in [0.717, 1.165) is 32.1 Å². The maximum Gasteiger partial charge on any atom is 0.407 e. The minimum atomic E-state index is -0.760. The highest BCUT2D eigenvalue weighted by molar-refractivity contribution is 5.70. The third kappa shape index (κ3) is 5.74. The van der Waals surface area contributed by atoms with E-state index in [9.17, 15) is 14.7 Å². The van der Waals surface area contributed by atoms with E-state index in [0.29, 0.717) is 48.0 Å². The molecule has 2 aliphatic rings. The molecule has 4 rings (SSSR count). The minimum absolute atomic E-state index is 0.134. The van der Waals surface area contributed by atoms with Crippen LogP contribution in [0.25, 0.3) is 11.4 Å². The number of hydrogen-bond acceptors (Lipinski definition) is 7. The van der Waals surface area contributed by atoms with Crippen molar-refractivity contribution in [3.05, 3.63) is 23.5 Å². The van der Waals surface area contributed by atoms with Crippen molar-refractivity contribution in [1.29, 1.82) is 0 Å². The van der Waals surface area contributed by atoms with Gasteiger partial charge in [0.15, 0.2) is 0 Å². The number of aryl methyl sites for hydroxylation is 2. The first-order valence-electron chi connectivity index (χ1n) is 12.5. The first-order chi connectivity index (χ1) is 16.8. The Hall–Kier alpha value is -3.17. The molecule has 2 fully saturated rings. The summed E-state index contributed by atoms with van der Waals surface area (Å²) in [5, 5.41) is 20.5. The summed E-state index contributed by atoms with van der Waals surface area (Å²) >= 11 is 0. The molecule has 1 amide bonds. The first-order valence-corrected chi connectivity index (χ1v) is 12.5. The lowest BCUT2D eigenvalue weighted by molar-refractivity contribution is -0.143. The molecule has 0 radical (unpaired) electrons. The van der Waals surface area contributed by atoms with E-state index in [-0.39, 0.29) is 24.0 Å². The van der Waals surface area contributed by atoms with Crippen molar-refractivity contribution < 1.29 is 24.2 Å². The van der Waals surface area contributed by atoms with Crippen molar-refractivity contribution in [2.45, 2.75) is 77.9 Å². The summed E-state index contributed by atoms with van der Waals surface area (Å²) in [6, 6.07) is 3.65. The average molecular weight is 486 g/mol. The Labute approximate surface area is 205 Å². The zero-order valence-corrected chi connectivity index (χ0v) is 20.7. The van der Waals surface area contributed by atoms with Crippen LogP contribution in [0.3, 0.4) is 0 Å². The van der Waals surface area contributed by atoms with Gasteiger partial charge in [-0.15, -0.1) is 5.10 Å². The molecule has 2 aromatic rings. The van der Waals surface area contributed by atoms with Crippen molar-refractivity contribution in [1.82, 2.24) is 25.3 Å². The van der Waals surface area contributed by atoms with E-state index in [4.69, 9.17) is 9.47 Å². The van der Waals surface area contributed by atoms with E-state index in [1.807, 2.05) is 19.1 Å². The Bertz CT molecular complexity index is 1060. The zero-order chi connectivity index (χ0) is 25.0. The van der Waals surface area contributed by atoms with Gasteiger partial charge in [-0.2, -0.15) is 0 Å². The minimum Gasteiger partial charge on any atom is -0.489 e. The first kappa shape index (κ1) is 24.9. The molecule has 2 atom stereocenters. The lowest BCUT2D eigenvalue weighted by Gasteiger charge is -2.40. The van der Waals surface area contributed by atoms with Crippen LogP contribution in [0.5, 0.6) is 5.75 Å². The molecule has 190 valence electrons. The van der Waals surface area contributed by atoms with E-state index >= 15 is 0 Å². The van der Waals surface area contributed by atoms with Gasteiger partial charge in [0.25, 0.3) is 0 Å². The van der Waals surface area contributed by atoms with E-state index < -0.39 is 12.1 Å². The van der Waals surface area contributed by atoms with Crippen molar-refractivity contribution in [2.24, 2.45) is 18.4 Å². The van der Waals surface area contributed by atoms with Gasteiger partial charge >= 0.3 is 12.1 Å². The fraction of sp³-hybridized carbons (Fsp3) is 0.640. The van der Waals surface area contributed by atoms with Gasteiger partial charge < -0.3 is 19.9 Å². The highest BCUT2D eigenvalue weighted by Crippen LogP contribution is 2.43. The van der Waals surface area contributed by atoms with Crippen LogP contribution in [-0.4, -0.2) is 49.9 Å².